The van der Waals surface area contributed by atoms with Crippen LogP contribution in [0.3, 0.4) is 0 Å². The Labute approximate surface area is 180 Å². The van der Waals surface area contributed by atoms with E-state index in [1.54, 1.807) is 0 Å². The Morgan fingerprint density at radius 2 is 1.41 bits per heavy atom. The number of nitrogens with zero attached hydrogens (tertiary/aromatic N) is 1. The van der Waals surface area contributed by atoms with Gasteiger partial charge in [-0.15, -0.1) is 0 Å². The lowest BCUT2D eigenvalue weighted by Crippen LogP contribution is -2.22. The molecule has 0 unspecified atom stereocenters. The van der Waals surface area contributed by atoms with Gasteiger partial charge in [-0.25, -0.2) is 0 Å². The molecule has 170 valence electrons. The van der Waals surface area contributed by atoms with Gasteiger partial charge in [0.1, 0.15) is 5.78 Å². The van der Waals surface area contributed by atoms with Crippen molar-refractivity contribution in [1.82, 2.24) is 0 Å². The van der Waals surface area contributed by atoms with Gasteiger partial charge in [0.05, 0.1) is 13.5 Å². The molecule has 0 bridgehead atoms. The minimum Gasteiger partial charge on any atom is -0.469 e. The van der Waals surface area contributed by atoms with Crippen molar-refractivity contribution in [2.75, 3.05) is 13.7 Å². The monoisotopic (exact) mass is 409 g/mol. The summed E-state index contributed by atoms with van der Waals surface area (Å²) in [6.07, 6.45) is 16.0. The van der Waals surface area contributed by atoms with Crippen LogP contribution in [0.1, 0.15) is 118 Å². The average Bonchev–Trinajstić information content (AvgIpc) is 2.64. The van der Waals surface area contributed by atoms with E-state index in [1.807, 2.05) is 20.1 Å². The zero-order chi connectivity index (χ0) is 22.2. The lowest BCUT2D eigenvalue weighted by atomic mass is 9.86. The van der Waals surface area contributed by atoms with Gasteiger partial charge in [0.2, 0.25) is 0 Å². The smallest absolute Gasteiger partial charge is 0.306 e. The highest BCUT2D eigenvalue weighted by Gasteiger charge is 2.23. The lowest BCUT2D eigenvalue weighted by molar-refractivity contribution is -0.142. The summed E-state index contributed by atoms with van der Waals surface area (Å²) in [5, 5.41) is 0. The molecule has 0 spiro atoms. The first-order chi connectivity index (χ1) is 13.6. The van der Waals surface area contributed by atoms with Crippen molar-refractivity contribution in [3.63, 3.8) is 0 Å². The van der Waals surface area contributed by atoms with Crippen molar-refractivity contribution >= 4 is 18.0 Å². The maximum absolute atomic E-state index is 12.2. The SMILES string of the molecule is CCCCCCCCCCCC(=O)CCC(C)(C)/C=N/CC(C)(C)CC(=O)OC. The molecule has 4 heteroatoms. The van der Waals surface area contributed by atoms with Gasteiger partial charge in [-0.3, -0.25) is 14.6 Å². The number of rotatable bonds is 18. The zero-order valence-corrected chi connectivity index (χ0v) is 20.1. The quantitative estimate of drug-likeness (QED) is 0.140. The molecule has 29 heavy (non-hydrogen) atoms. The maximum atomic E-state index is 12.2. The molecule has 0 atom stereocenters. The summed E-state index contributed by atoms with van der Waals surface area (Å²) >= 11 is 0. The Morgan fingerprint density at radius 1 is 0.862 bits per heavy atom. The van der Waals surface area contributed by atoms with E-state index in [0.29, 0.717) is 25.2 Å². The molecule has 0 aliphatic carbocycles. The van der Waals surface area contributed by atoms with Crippen molar-refractivity contribution < 1.29 is 14.3 Å². The molecule has 0 radical (unpaired) electrons. The summed E-state index contributed by atoms with van der Waals surface area (Å²) in [5.74, 6) is 0.173. The topological polar surface area (TPSA) is 55.7 Å². The molecule has 0 aromatic carbocycles. The average molecular weight is 410 g/mol. The van der Waals surface area contributed by atoms with E-state index >= 15 is 0 Å². The molecule has 0 aromatic rings. The number of carbonyl (C=O) groups excluding carboxylic acids is 2. The van der Waals surface area contributed by atoms with E-state index in [-0.39, 0.29) is 16.8 Å². The van der Waals surface area contributed by atoms with Crippen LogP contribution in [0.25, 0.3) is 0 Å². The second-order valence-electron chi connectivity index (χ2n) is 9.99. The predicted molar refractivity (Wildman–Crippen MR) is 124 cm³/mol. The number of esters is 1. The van der Waals surface area contributed by atoms with Crippen LogP contribution in [0.2, 0.25) is 0 Å². The number of hydrogen-bond acceptors (Lipinski definition) is 4. The fourth-order valence-corrected chi connectivity index (χ4v) is 3.34. The third-order valence-corrected chi connectivity index (χ3v) is 5.42. The number of ketones is 1. The van der Waals surface area contributed by atoms with Gasteiger partial charge < -0.3 is 4.74 Å². The van der Waals surface area contributed by atoms with Crippen molar-refractivity contribution in [3.8, 4) is 0 Å². The van der Waals surface area contributed by atoms with E-state index in [1.165, 1.54) is 58.5 Å². The first-order valence-corrected chi connectivity index (χ1v) is 11.7. The van der Waals surface area contributed by atoms with Gasteiger partial charge in [-0.2, -0.15) is 0 Å². The normalized spacial score (nSPS) is 12.5. The number of Topliss-reactive ketones (excluding diaryl/α,β-unsaturated/α-hetero) is 1. The molecule has 0 saturated carbocycles. The van der Waals surface area contributed by atoms with Gasteiger partial charge in [0.15, 0.2) is 0 Å². The van der Waals surface area contributed by atoms with Crippen molar-refractivity contribution in [3.05, 3.63) is 0 Å². The number of unbranched alkanes of at least 4 members (excludes halogenated alkanes) is 8. The molecule has 0 aliphatic heterocycles. The molecule has 0 N–H and O–H groups in total. The fourth-order valence-electron chi connectivity index (χ4n) is 3.34. The van der Waals surface area contributed by atoms with Crippen molar-refractivity contribution in [1.29, 1.82) is 0 Å². The third-order valence-electron chi connectivity index (χ3n) is 5.42. The largest absolute Gasteiger partial charge is 0.469 e. The van der Waals surface area contributed by atoms with Crippen LogP contribution >= 0.6 is 0 Å². The Hall–Kier alpha value is -1.19. The van der Waals surface area contributed by atoms with Crippen molar-refractivity contribution in [2.24, 2.45) is 15.8 Å². The molecule has 0 fully saturated rings. The van der Waals surface area contributed by atoms with Gasteiger partial charge >= 0.3 is 5.97 Å². The van der Waals surface area contributed by atoms with Crippen molar-refractivity contribution in [2.45, 2.75) is 118 Å². The summed E-state index contributed by atoms with van der Waals surface area (Å²) in [6.45, 7) is 11.1. The zero-order valence-electron chi connectivity index (χ0n) is 20.1. The highest BCUT2D eigenvalue weighted by molar-refractivity contribution is 5.79. The summed E-state index contributed by atoms with van der Waals surface area (Å²) in [7, 11) is 1.41. The van der Waals surface area contributed by atoms with Crippen LogP contribution in [0.15, 0.2) is 4.99 Å². The molecule has 0 amide bonds. The standard InChI is InChI=1S/C25H47NO3/c1-7-8-9-10-11-12-13-14-15-16-22(27)17-18-24(2,3)20-26-21-25(4,5)19-23(28)29-6/h20H,7-19,21H2,1-6H3/b26-20+. The fraction of sp³-hybridized carbons (Fsp3) is 0.880. The summed E-state index contributed by atoms with van der Waals surface area (Å²) < 4.78 is 4.74. The second kappa shape index (κ2) is 15.6. The van der Waals surface area contributed by atoms with Crippen LogP contribution < -0.4 is 0 Å². The van der Waals surface area contributed by atoms with Crippen LogP contribution in [-0.4, -0.2) is 31.6 Å². The van der Waals surface area contributed by atoms with Gasteiger partial charge in [-0.05, 0) is 23.7 Å². The molecular formula is C25H47NO3. The van der Waals surface area contributed by atoms with E-state index in [9.17, 15) is 9.59 Å². The minimum atomic E-state index is -0.217. The van der Waals surface area contributed by atoms with Crippen LogP contribution in [0, 0.1) is 10.8 Å². The van der Waals surface area contributed by atoms with Crippen LogP contribution in [0.5, 0.6) is 0 Å². The molecular weight excluding hydrogens is 362 g/mol. The Balaban J connectivity index is 3.93. The van der Waals surface area contributed by atoms with Crippen LogP contribution in [0.4, 0.5) is 0 Å². The molecule has 0 heterocycles. The highest BCUT2D eigenvalue weighted by atomic mass is 16.5. The van der Waals surface area contributed by atoms with E-state index in [0.717, 1.165) is 19.3 Å². The molecule has 0 rings (SSSR count). The number of aliphatic imine (C=N–C) groups is 1. The summed E-state index contributed by atoms with van der Waals surface area (Å²) in [4.78, 5) is 28.2. The van der Waals surface area contributed by atoms with Crippen LogP contribution in [-0.2, 0) is 14.3 Å². The first kappa shape index (κ1) is 27.8. The second-order valence-corrected chi connectivity index (χ2v) is 9.99. The first-order valence-electron chi connectivity index (χ1n) is 11.7. The molecule has 4 nitrogen and oxygen atoms in total. The predicted octanol–water partition coefficient (Wildman–Crippen LogP) is 6.94. The van der Waals surface area contributed by atoms with Gasteiger partial charge in [-0.1, -0.05) is 86.0 Å². The number of hydrogen-bond donors (Lipinski definition) is 0. The summed E-state index contributed by atoms with van der Waals surface area (Å²) in [6, 6.07) is 0. The highest BCUT2D eigenvalue weighted by Crippen LogP contribution is 2.24. The summed E-state index contributed by atoms with van der Waals surface area (Å²) in [5.41, 5.74) is -0.318. The Morgan fingerprint density at radius 3 is 1.97 bits per heavy atom. The van der Waals surface area contributed by atoms with E-state index < -0.39 is 0 Å². The Kier molecular flexibility index (Phi) is 15.0. The third kappa shape index (κ3) is 17.4. The van der Waals surface area contributed by atoms with Gasteiger partial charge in [0.25, 0.3) is 0 Å². The number of ether oxygens (including phenoxy) is 1. The van der Waals surface area contributed by atoms with E-state index in [2.05, 4.69) is 25.8 Å². The lowest BCUT2D eigenvalue weighted by Gasteiger charge is -2.23. The Bertz CT molecular complexity index is 480. The molecule has 0 saturated heterocycles. The number of carbonyl (C=O) groups is 2. The molecule has 0 aliphatic rings. The van der Waals surface area contributed by atoms with E-state index in [4.69, 9.17) is 4.74 Å². The molecule has 0 aromatic heterocycles. The van der Waals surface area contributed by atoms with Gasteiger partial charge in [0, 0.05) is 25.6 Å². The maximum Gasteiger partial charge on any atom is 0.306 e. The minimum absolute atomic E-state index is 0.102. The number of methoxy groups -OCH3 is 1.